The summed E-state index contributed by atoms with van der Waals surface area (Å²) in [5, 5.41) is 12.6. The maximum Gasteiger partial charge on any atom is 0.283 e. The quantitative estimate of drug-likeness (QED) is 0.677. The number of nitrogens with one attached hydrogen (secondary N) is 2. The molecule has 28 heavy (non-hydrogen) atoms. The van der Waals surface area contributed by atoms with E-state index >= 15 is 0 Å². The van der Waals surface area contributed by atoms with Crippen LogP contribution in [0.25, 0.3) is 11.3 Å². The van der Waals surface area contributed by atoms with E-state index in [1.54, 1.807) is 25.1 Å². The Hall–Kier alpha value is -3.20. The Morgan fingerprint density at radius 2 is 2.07 bits per heavy atom. The number of hydrazine groups is 1. The molecule has 1 saturated heterocycles. The number of halogens is 1. The molecule has 0 aliphatic carbocycles. The van der Waals surface area contributed by atoms with Crippen molar-refractivity contribution in [2.24, 2.45) is 0 Å². The number of rotatable bonds is 6. The number of ether oxygens (including phenoxy) is 1. The fraction of sp³-hybridized carbons (Fsp3) is 0.316. The summed E-state index contributed by atoms with van der Waals surface area (Å²) in [5.74, 6) is 0.314. The molecule has 8 nitrogen and oxygen atoms in total. The molecule has 1 aliphatic rings. The Kier molecular flexibility index (Phi) is 5.07. The van der Waals surface area contributed by atoms with Gasteiger partial charge in [-0.25, -0.2) is 9.40 Å². The van der Waals surface area contributed by atoms with Crippen LogP contribution in [0, 0.1) is 12.7 Å². The molecule has 1 aromatic carbocycles. The summed E-state index contributed by atoms with van der Waals surface area (Å²) in [5.41, 5.74) is 5.20. The van der Waals surface area contributed by atoms with E-state index in [2.05, 4.69) is 20.8 Å². The van der Waals surface area contributed by atoms with Crippen LogP contribution >= 0.6 is 0 Å². The van der Waals surface area contributed by atoms with E-state index in [0.29, 0.717) is 17.1 Å². The van der Waals surface area contributed by atoms with Crippen molar-refractivity contribution in [3.8, 4) is 17.1 Å². The van der Waals surface area contributed by atoms with Gasteiger partial charge in [-0.1, -0.05) is 5.16 Å². The first kappa shape index (κ1) is 18.2. The molecule has 1 amide bonds. The van der Waals surface area contributed by atoms with Crippen molar-refractivity contribution in [1.82, 2.24) is 25.8 Å². The van der Waals surface area contributed by atoms with E-state index in [9.17, 15) is 9.18 Å². The molecule has 0 radical (unpaired) electrons. The second-order valence-corrected chi connectivity index (χ2v) is 6.62. The minimum atomic E-state index is -0.321. The van der Waals surface area contributed by atoms with Gasteiger partial charge in [0.1, 0.15) is 29.6 Å². The highest BCUT2D eigenvalue weighted by Crippen LogP contribution is 2.26. The minimum absolute atomic E-state index is 0.153. The van der Waals surface area contributed by atoms with Crippen LogP contribution in [0.2, 0.25) is 0 Å². The Morgan fingerprint density at radius 1 is 1.32 bits per heavy atom. The van der Waals surface area contributed by atoms with E-state index in [-0.39, 0.29) is 24.2 Å². The maximum absolute atomic E-state index is 13.2. The molecule has 2 aromatic heterocycles. The topological polar surface area (TPSA) is 96.3 Å². The highest BCUT2D eigenvalue weighted by Gasteiger charge is 2.19. The largest absolute Gasteiger partial charge is 0.472 e. The summed E-state index contributed by atoms with van der Waals surface area (Å²) in [7, 11) is 0. The molecule has 9 heteroatoms. The van der Waals surface area contributed by atoms with E-state index in [1.165, 1.54) is 12.1 Å². The summed E-state index contributed by atoms with van der Waals surface area (Å²) >= 11 is 0. The lowest BCUT2D eigenvalue weighted by Gasteiger charge is -2.14. The highest BCUT2D eigenvalue weighted by atomic mass is 19.1. The number of benzene rings is 1. The summed E-state index contributed by atoms with van der Waals surface area (Å²) in [6, 6.07) is 7.54. The average molecular weight is 385 g/mol. The van der Waals surface area contributed by atoms with Crippen molar-refractivity contribution in [3.05, 3.63) is 53.2 Å². The molecule has 146 valence electrons. The number of carbonyl (C=O) groups excluding carboxylic acids is 1. The van der Waals surface area contributed by atoms with Gasteiger partial charge in [-0.2, -0.15) is 0 Å². The SMILES string of the molecule is Cc1onc(-c2ccc(F)cc2)c1COc1cc(C(=O)NN2CCCC2)[nH]n1. The third-order valence-corrected chi connectivity index (χ3v) is 4.63. The number of aryl methyl sites for hydroxylation is 1. The normalized spacial score (nSPS) is 14.4. The van der Waals surface area contributed by atoms with Gasteiger partial charge in [0.2, 0.25) is 5.88 Å². The zero-order chi connectivity index (χ0) is 19.5. The van der Waals surface area contributed by atoms with Crippen molar-refractivity contribution >= 4 is 5.91 Å². The second-order valence-electron chi connectivity index (χ2n) is 6.62. The lowest BCUT2D eigenvalue weighted by molar-refractivity contribution is 0.0820. The zero-order valence-corrected chi connectivity index (χ0v) is 15.4. The van der Waals surface area contributed by atoms with Crippen LogP contribution in [-0.4, -0.2) is 39.4 Å². The van der Waals surface area contributed by atoms with Crippen LogP contribution in [0.15, 0.2) is 34.9 Å². The predicted octanol–water partition coefficient (Wildman–Crippen LogP) is 2.83. The standard InChI is InChI=1S/C19H20FN5O3/c1-12-15(18(24-28-12)13-4-6-14(20)7-5-13)11-27-17-10-16(21-22-17)19(26)23-25-8-2-3-9-25/h4-7,10H,2-3,8-9,11H2,1H3,(H,21,22)(H,23,26). The molecule has 3 aromatic rings. The Balaban J connectivity index is 1.42. The molecule has 3 heterocycles. The highest BCUT2D eigenvalue weighted by molar-refractivity contribution is 5.92. The van der Waals surface area contributed by atoms with Gasteiger partial charge in [0, 0.05) is 24.7 Å². The first-order valence-corrected chi connectivity index (χ1v) is 9.05. The third-order valence-electron chi connectivity index (χ3n) is 4.63. The molecule has 1 aliphatic heterocycles. The van der Waals surface area contributed by atoms with Crippen molar-refractivity contribution in [1.29, 1.82) is 0 Å². The molecule has 1 fully saturated rings. The van der Waals surface area contributed by atoms with Gasteiger partial charge in [0.15, 0.2) is 0 Å². The second kappa shape index (κ2) is 7.81. The predicted molar refractivity (Wildman–Crippen MR) is 97.8 cm³/mol. The zero-order valence-electron chi connectivity index (χ0n) is 15.4. The lowest BCUT2D eigenvalue weighted by atomic mass is 10.1. The van der Waals surface area contributed by atoms with Crippen molar-refractivity contribution < 1.29 is 18.4 Å². The van der Waals surface area contributed by atoms with Gasteiger partial charge in [-0.3, -0.25) is 15.3 Å². The third kappa shape index (κ3) is 3.89. The number of aromatic nitrogens is 3. The fourth-order valence-corrected chi connectivity index (χ4v) is 3.07. The van der Waals surface area contributed by atoms with Crippen molar-refractivity contribution in [3.63, 3.8) is 0 Å². The minimum Gasteiger partial charge on any atom is -0.472 e. The van der Waals surface area contributed by atoms with E-state index in [4.69, 9.17) is 9.26 Å². The molecule has 4 rings (SSSR count). The van der Waals surface area contributed by atoms with Crippen molar-refractivity contribution in [2.75, 3.05) is 13.1 Å². The molecular weight excluding hydrogens is 365 g/mol. The Bertz CT molecular complexity index is 960. The summed E-state index contributed by atoms with van der Waals surface area (Å²) in [4.78, 5) is 12.2. The van der Waals surface area contributed by atoms with Crippen molar-refractivity contribution in [2.45, 2.75) is 26.4 Å². The fourth-order valence-electron chi connectivity index (χ4n) is 3.07. The molecule has 2 N–H and O–H groups in total. The lowest BCUT2D eigenvalue weighted by Crippen LogP contribution is -2.40. The van der Waals surface area contributed by atoms with Crippen LogP contribution < -0.4 is 10.2 Å². The smallest absolute Gasteiger partial charge is 0.283 e. The number of amides is 1. The number of hydrogen-bond donors (Lipinski definition) is 2. The summed E-state index contributed by atoms with van der Waals surface area (Å²) < 4.78 is 24.1. The van der Waals surface area contributed by atoms with Gasteiger partial charge in [0.05, 0.1) is 5.56 Å². The summed E-state index contributed by atoms with van der Waals surface area (Å²) in [6.45, 7) is 3.63. The number of hydrogen-bond acceptors (Lipinski definition) is 6. The molecule has 0 atom stereocenters. The number of nitrogens with zero attached hydrogens (tertiary/aromatic N) is 3. The van der Waals surface area contributed by atoms with Gasteiger partial charge in [-0.05, 0) is 44.0 Å². The number of carbonyl (C=O) groups is 1. The number of H-pyrrole nitrogens is 1. The van der Waals surface area contributed by atoms with Crippen LogP contribution in [0.1, 0.15) is 34.7 Å². The van der Waals surface area contributed by atoms with Crippen LogP contribution in [0.4, 0.5) is 4.39 Å². The van der Waals surface area contributed by atoms with Crippen LogP contribution in [-0.2, 0) is 6.61 Å². The van der Waals surface area contributed by atoms with Crippen LogP contribution in [0.3, 0.4) is 0 Å². The monoisotopic (exact) mass is 385 g/mol. The van der Waals surface area contributed by atoms with Gasteiger partial charge in [0.25, 0.3) is 5.91 Å². The Morgan fingerprint density at radius 3 is 2.82 bits per heavy atom. The molecule has 0 spiro atoms. The number of aromatic amines is 1. The van der Waals surface area contributed by atoms with Gasteiger partial charge < -0.3 is 9.26 Å². The van der Waals surface area contributed by atoms with E-state index in [0.717, 1.165) is 37.1 Å². The van der Waals surface area contributed by atoms with Gasteiger partial charge in [-0.15, -0.1) is 5.10 Å². The average Bonchev–Trinajstić information content (AvgIpc) is 3.42. The Labute approximate surface area is 160 Å². The summed E-state index contributed by atoms with van der Waals surface area (Å²) in [6.07, 6.45) is 2.15. The van der Waals surface area contributed by atoms with Crippen LogP contribution in [0.5, 0.6) is 5.88 Å². The molecule has 0 unspecified atom stereocenters. The molecule has 0 bridgehead atoms. The molecular formula is C19H20FN5O3. The molecule has 0 saturated carbocycles. The van der Waals surface area contributed by atoms with E-state index < -0.39 is 0 Å². The van der Waals surface area contributed by atoms with E-state index in [1.807, 2.05) is 5.01 Å². The maximum atomic E-state index is 13.2. The van der Waals surface area contributed by atoms with Gasteiger partial charge >= 0.3 is 0 Å². The first-order chi connectivity index (χ1) is 13.6. The first-order valence-electron chi connectivity index (χ1n) is 9.05.